The highest BCUT2D eigenvalue weighted by molar-refractivity contribution is 7.98. The molecule has 0 saturated heterocycles. The molecule has 2 atom stereocenters. The summed E-state index contributed by atoms with van der Waals surface area (Å²) in [5.74, 6) is -2.38. The molecule has 0 fully saturated rings. The van der Waals surface area contributed by atoms with Gasteiger partial charge in [-0.3, -0.25) is 14.4 Å². The third kappa shape index (κ3) is 9.19. The summed E-state index contributed by atoms with van der Waals surface area (Å²) in [6, 6.07) is -1.95. The lowest BCUT2D eigenvalue weighted by atomic mass is 10.1. The van der Waals surface area contributed by atoms with E-state index in [0.717, 1.165) is 5.75 Å². The van der Waals surface area contributed by atoms with Gasteiger partial charge in [0.15, 0.2) is 0 Å². The van der Waals surface area contributed by atoms with Crippen LogP contribution in [0.25, 0.3) is 0 Å². The van der Waals surface area contributed by atoms with Crippen LogP contribution >= 0.6 is 11.8 Å². The fraction of sp³-hybridized carbons (Fsp3) is 0.667. The third-order valence-corrected chi connectivity index (χ3v) is 3.35. The van der Waals surface area contributed by atoms with Crippen LogP contribution in [0.2, 0.25) is 0 Å². The van der Waals surface area contributed by atoms with Gasteiger partial charge in [0, 0.05) is 6.42 Å². The van der Waals surface area contributed by atoms with Crippen molar-refractivity contribution in [3.05, 3.63) is 0 Å². The standard InChI is InChI=1S/C12H22N4O5S/c1-22-5-4-7(13)11(19)15-6-10(18)16-8(12(20)21)2-3-9(14)17/h7-8H,2-6,13H2,1H3,(H2,14,17)(H,15,19)(H,16,18)(H,20,21)/t7-,8-/m0/s1. The summed E-state index contributed by atoms with van der Waals surface area (Å²) in [7, 11) is 0. The van der Waals surface area contributed by atoms with Crippen LogP contribution in [-0.4, -0.2) is 59.4 Å². The second-order valence-corrected chi connectivity index (χ2v) is 5.55. The van der Waals surface area contributed by atoms with Crippen molar-refractivity contribution < 1.29 is 24.3 Å². The van der Waals surface area contributed by atoms with Gasteiger partial charge < -0.3 is 27.2 Å². The molecule has 0 radical (unpaired) electrons. The highest BCUT2D eigenvalue weighted by atomic mass is 32.2. The molecule has 0 aromatic rings. The van der Waals surface area contributed by atoms with Crippen molar-refractivity contribution in [2.45, 2.75) is 31.3 Å². The van der Waals surface area contributed by atoms with Crippen molar-refractivity contribution in [1.82, 2.24) is 10.6 Å². The van der Waals surface area contributed by atoms with Crippen molar-refractivity contribution in [2.75, 3.05) is 18.6 Å². The average molecular weight is 334 g/mol. The fourth-order valence-electron chi connectivity index (χ4n) is 1.46. The Bertz CT molecular complexity index is 418. The first-order chi connectivity index (χ1) is 10.3. The van der Waals surface area contributed by atoms with E-state index in [1.165, 1.54) is 0 Å². The van der Waals surface area contributed by atoms with Gasteiger partial charge in [0.25, 0.3) is 0 Å². The lowest BCUT2D eigenvalue weighted by Crippen LogP contribution is -2.48. The van der Waals surface area contributed by atoms with Gasteiger partial charge in [0.05, 0.1) is 12.6 Å². The first-order valence-corrected chi connectivity index (χ1v) is 8.00. The Labute approximate surface area is 132 Å². The molecular formula is C12H22N4O5S. The molecule has 22 heavy (non-hydrogen) atoms. The van der Waals surface area contributed by atoms with Crippen LogP contribution in [0.4, 0.5) is 0 Å². The molecule has 0 aromatic heterocycles. The zero-order chi connectivity index (χ0) is 17.1. The second-order valence-electron chi connectivity index (χ2n) is 4.57. The zero-order valence-electron chi connectivity index (χ0n) is 12.3. The molecule has 0 rings (SSSR count). The Morgan fingerprint density at radius 2 is 1.86 bits per heavy atom. The number of carboxylic acids is 1. The summed E-state index contributed by atoms with van der Waals surface area (Å²) in [5.41, 5.74) is 10.5. The summed E-state index contributed by atoms with van der Waals surface area (Å²) < 4.78 is 0. The van der Waals surface area contributed by atoms with Crippen molar-refractivity contribution in [2.24, 2.45) is 11.5 Å². The van der Waals surface area contributed by atoms with Crippen LogP contribution in [0.15, 0.2) is 0 Å². The van der Waals surface area contributed by atoms with E-state index in [2.05, 4.69) is 10.6 Å². The highest BCUT2D eigenvalue weighted by Gasteiger charge is 2.21. The maximum atomic E-state index is 11.6. The van der Waals surface area contributed by atoms with Crippen LogP contribution in [-0.2, 0) is 19.2 Å². The lowest BCUT2D eigenvalue weighted by Gasteiger charge is -2.15. The topological polar surface area (TPSA) is 165 Å². The molecule has 0 unspecified atom stereocenters. The number of carbonyl (C=O) groups is 4. The normalized spacial score (nSPS) is 13.0. The van der Waals surface area contributed by atoms with Gasteiger partial charge in [-0.25, -0.2) is 4.79 Å². The van der Waals surface area contributed by atoms with Gasteiger partial charge >= 0.3 is 5.97 Å². The Balaban J connectivity index is 4.21. The van der Waals surface area contributed by atoms with E-state index >= 15 is 0 Å². The predicted octanol–water partition coefficient (Wildman–Crippen LogP) is -1.98. The minimum atomic E-state index is -1.28. The van der Waals surface area contributed by atoms with Gasteiger partial charge in [-0.2, -0.15) is 11.8 Å². The van der Waals surface area contributed by atoms with Crippen LogP contribution < -0.4 is 22.1 Å². The molecule has 126 valence electrons. The summed E-state index contributed by atoms with van der Waals surface area (Å²) in [6.45, 7) is -0.383. The average Bonchev–Trinajstić information content (AvgIpc) is 2.45. The van der Waals surface area contributed by atoms with E-state index in [9.17, 15) is 19.2 Å². The van der Waals surface area contributed by atoms with E-state index in [1.807, 2.05) is 6.26 Å². The number of nitrogens with one attached hydrogen (secondary N) is 2. The first kappa shape index (κ1) is 20.2. The van der Waals surface area contributed by atoms with Gasteiger partial charge in [-0.1, -0.05) is 0 Å². The number of hydrogen-bond donors (Lipinski definition) is 5. The second kappa shape index (κ2) is 10.9. The summed E-state index contributed by atoms with van der Waals surface area (Å²) in [5, 5.41) is 13.5. The largest absolute Gasteiger partial charge is 0.480 e. The number of nitrogens with two attached hydrogens (primary N) is 2. The highest BCUT2D eigenvalue weighted by Crippen LogP contribution is 1.99. The number of carbonyl (C=O) groups excluding carboxylic acids is 3. The van der Waals surface area contributed by atoms with Crippen molar-refractivity contribution in [3.63, 3.8) is 0 Å². The molecular weight excluding hydrogens is 312 g/mol. The molecule has 0 aliphatic heterocycles. The molecule has 9 nitrogen and oxygen atoms in total. The molecule has 0 aliphatic carbocycles. The summed E-state index contributed by atoms with van der Waals surface area (Å²) in [6.07, 6.45) is 2.09. The Morgan fingerprint density at radius 1 is 1.23 bits per heavy atom. The van der Waals surface area contributed by atoms with Crippen molar-refractivity contribution in [1.29, 1.82) is 0 Å². The minimum Gasteiger partial charge on any atom is -0.480 e. The van der Waals surface area contributed by atoms with E-state index in [0.29, 0.717) is 6.42 Å². The number of primary amides is 1. The predicted molar refractivity (Wildman–Crippen MR) is 82.0 cm³/mol. The SMILES string of the molecule is CSCC[C@H](N)C(=O)NCC(=O)N[C@@H](CCC(N)=O)C(=O)O. The molecule has 0 bridgehead atoms. The minimum absolute atomic E-state index is 0.114. The molecule has 0 aliphatic rings. The Kier molecular flexibility index (Phi) is 9.96. The fourth-order valence-corrected chi connectivity index (χ4v) is 1.95. The number of rotatable bonds is 11. The van der Waals surface area contributed by atoms with Gasteiger partial charge in [-0.05, 0) is 24.9 Å². The zero-order valence-corrected chi connectivity index (χ0v) is 13.1. The molecule has 3 amide bonds. The first-order valence-electron chi connectivity index (χ1n) is 6.60. The quantitative estimate of drug-likeness (QED) is 0.292. The van der Waals surface area contributed by atoms with Gasteiger partial charge in [0.1, 0.15) is 6.04 Å². The van der Waals surface area contributed by atoms with Gasteiger partial charge in [-0.15, -0.1) is 0 Å². The van der Waals surface area contributed by atoms with Crippen LogP contribution in [0, 0.1) is 0 Å². The molecule has 7 N–H and O–H groups in total. The summed E-state index contributed by atoms with van der Waals surface area (Å²) in [4.78, 5) is 44.7. The smallest absolute Gasteiger partial charge is 0.326 e. The van der Waals surface area contributed by atoms with E-state index < -0.39 is 35.8 Å². The Hall–Kier alpha value is -1.81. The van der Waals surface area contributed by atoms with E-state index in [4.69, 9.17) is 16.6 Å². The molecule has 0 aromatic carbocycles. The monoisotopic (exact) mass is 334 g/mol. The number of hydrogen-bond acceptors (Lipinski definition) is 6. The van der Waals surface area contributed by atoms with Crippen LogP contribution in [0.5, 0.6) is 0 Å². The number of aliphatic carboxylic acids is 1. The van der Waals surface area contributed by atoms with Crippen LogP contribution in [0.3, 0.4) is 0 Å². The maximum Gasteiger partial charge on any atom is 0.326 e. The number of thioether (sulfide) groups is 1. The molecule has 0 saturated carbocycles. The van der Waals surface area contributed by atoms with Crippen LogP contribution in [0.1, 0.15) is 19.3 Å². The molecule has 0 spiro atoms. The number of carboxylic acid groups (broad SMARTS) is 1. The van der Waals surface area contributed by atoms with Crippen molar-refractivity contribution >= 4 is 35.5 Å². The Morgan fingerprint density at radius 3 is 2.36 bits per heavy atom. The molecule has 10 heteroatoms. The van der Waals surface area contributed by atoms with Gasteiger partial charge in [0.2, 0.25) is 17.7 Å². The maximum absolute atomic E-state index is 11.6. The van der Waals surface area contributed by atoms with Crippen molar-refractivity contribution in [3.8, 4) is 0 Å². The van der Waals surface area contributed by atoms with E-state index in [1.54, 1.807) is 11.8 Å². The number of amides is 3. The third-order valence-electron chi connectivity index (χ3n) is 2.71. The molecule has 0 heterocycles. The lowest BCUT2D eigenvalue weighted by molar-refractivity contribution is -0.142. The van der Waals surface area contributed by atoms with E-state index in [-0.39, 0.29) is 19.4 Å². The summed E-state index contributed by atoms with van der Waals surface area (Å²) >= 11 is 1.55.